The van der Waals surface area contributed by atoms with Crippen molar-refractivity contribution in [1.29, 1.82) is 0 Å². The fourth-order valence-electron chi connectivity index (χ4n) is 3.37. The minimum atomic E-state index is -0.197. The summed E-state index contributed by atoms with van der Waals surface area (Å²) < 4.78 is 2.83. The summed E-state index contributed by atoms with van der Waals surface area (Å²) in [6.45, 7) is 0.393. The normalized spacial score (nSPS) is 12.8. The highest BCUT2D eigenvalue weighted by Crippen LogP contribution is 2.28. The van der Waals surface area contributed by atoms with Crippen molar-refractivity contribution in [2.24, 2.45) is 0 Å². The molecule has 0 bridgehead atoms. The molecule has 1 aliphatic carbocycles. The SMILES string of the molecule is O=C(NCc1nn(-c2ccccc2)c2c1CCC2)c1cc(Br)ccc1Cl. The smallest absolute Gasteiger partial charge is 0.253 e. The standard InChI is InChI=1S/C20H17BrClN3O/c21-13-9-10-17(22)16(11-13)20(26)23-12-18-15-7-4-8-19(15)25(24-18)14-5-2-1-3-6-14/h1-3,5-6,9-11H,4,7-8,12H2,(H,23,26). The molecule has 4 nitrogen and oxygen atoms in total. The van der Waals surface area contributed by atoms with E-state index in [1.165, 1.54) is 11.3 Å². The van der Waals surface area contributed by atoms with Gasteiger partial charge in [0, 0.05) is 10.2 Å². The van der Waals surface area contributed by atoms with Gasteiger partial charge in [-0.15, -0.1) is 0 Å². The maximum absolute atomic E-state index is 12.5. The molecule has 0 fully saturated rings. The van der Waals surface area contributed by atoms with Gasteiger partial charge in [-0.05, 0) is 55.2 Å². The monoisotopic (exact) mass is 429 g/mol. The molecule has 0 saturated heterocycles. The molecule has 1 heterocycles. The molecule has 3 aromatic rings. The summed E-state index contributed by atoms with van der Waals surface area (Å²) in [6.07, 6.45) is 3.14. The number of hydrogen-bond acceptors (Lipinski definition) is 2. The molecular weight excluding hydrogens is 414 g/mol. The number of carbonyl (C=O) groups is 1. The van der Waals surface area contributed by atoms with Crippen molar-refractivity contribution in [3.63, 3.8) is 0 Å². The molecule has 2 aromatic carbocycles. The van der Waals surface area contributed by atoms with Crippen LogP contribution in [0.3, 0.4) is 0 Å². The highest BCUT2D eigenvalue weighted by atomic mass is 79.9. The largest absolute Gasteiger partial charge is 0.346 e. The maximum atomic E-state index is 12.5. The van der Waals surface area contributed by atoms with E-state index < -0.39 is 0 Å². The molecule has 1 amide bonds. The van der Waals surface area contributed by atoms with Gasteiger partial charge in [0.15, 0.2) is 0 Å². The van der Waals surface area contributed by atoms with Crippen molar-refractivity contribution in [2.45, 2.75) is 25.8 Å². The Morgan fingerprint density at radius 1 is 1.19 bits per heavy atom. The first-order valence-electron chi connectivity index (χ1n) is 8.52. The van der Waals surface area contributed by atoms with Crippen LogP contribution in [0.5, 0.6) is 0 Å². The molecular formula is C20H17BrClN3O. The second-order valence-electron chi connectivity index (χ2n) is 6.28. The summed E-state index contributed by atoms with van der Waals surface area (Å²) >= 11 is 9.53. The van der Waals surface area contributed by atoms with Crippen LogP contribution >= 0.6 is 27.5 Å². The number of halogens is 2. The van der Waals surface area contributed by atoms with Crippen molar-refractivity contribution >= 4 is 33.4 Å². The van der Waals surface area contributed by atoms with Crippen LogP contribution in [0.1, 0.15) is 33.7 Å². The fraction of sp³-hybridized carbons (Fsp3) is 0.200. The second-order valence-corrected chi connectivity index (χ2v) is 7.60. The third-order valence-electron chi connectivity index (χ3n) is 4.60. The minimum Gasteiger partial charge on any atom is -0.346 e. The van der Waals surface area contributed by atoms with Gasteiger partial charge in [0.05, 0.1) is 28.5 Å². The predicted molar refractivity (Wildman–Crippen MR) is 106 cm³/mol. The van der Waals surface area contributed by atoms with Gasteiger partial charge in [0.1, 0.15) is 0 Å². The lowest BCUT2D eigenvalue weighted by atomic mass is 10.2. The van der Waals surface area contributed by atoms with E-state index in [0.29, 0.717) is 17.1 Å². The van der Waals surface area contributed by atoms with E-state index in [9.17, 15) is 4.79 Å². The number of hydrogen-bond donors (Lipinski definition) is 1. The molecule has 132 valence electrons. The summed E-state index contributed by atoms with van der Waals surface area (Å²) in [4.78, 5) is 12.5. The third-order valence-corrected chi connectivity index (χ3v) is 5.43. The Morgan fingerprint density at radius 3 is 2.81 bits per heavy atom. The highest BCUT2D eigenvalue weighted by molar-refractivity contribution is 9.10. The number of nitrogens with one attached hydrogen (secondary N) is 1. The highest BCUT2D eigenvalue weighted by Gasteiger charge is 2.23. The Balaban J connectivity index is 1.58. The average Bonchev–Trinajstić information content (AvgIpc) is 3.25. The van der Waals surface area contributed by atoms with E-state index in [1.807, 2.05) is 28.9 Å². The van der Waals surface area contributed by atoms with Gasteiger partial charge >= 0.3 is 0 Å². The number of aromatic nitrogens is 2. The lowest BCUT2D eigenvalue weighted by Gasteiger charge is -2.07. The molecule has 0 spiro atoms. The summed E-state index contributed by atoms with van der Waals surface area (Å²) in [5.41, 5.74) is 4.95. The van der Waals surface area contributed by atoms with E-state index in [1.54, 1.807) is 12.1 Å². The molecule has 0 saturated carbocycles. The van der Waals surface area contributed by atoms with Gasteiger partial charge in [-0.3, -0.25) is 4.79 Å². The summed E-state index contributed by atoms with van der Waals surface area (Å²) in [5, 5.41) is 8.16. The van der Waals surface area contributed by atoms with E-state index >= 15 is 0 Å². The van der Waals surface area contributed by atoms with Gasteiger partial charge in [0.2, 0.25) is 0 Å². The van der Waals surface area contributed by atoms with Crippen molar-refractivity contribution in [3.05, 3.63) is 80.5 Å². The first-order valence-corrected chi connectivity index (χ1v) is 9.69. The van der Waals surface area contributed by atoms with Gasteiger partial charge in [0.25, 0.3) is 5.91 Å². The molecule has 0 radical (unpaired) electrons. The number of amides is 1. The Kier molecular flexibility index (Phi) is 4.83. The molecule has 1 N–H and O–H groups in total. The number of fused-ring (bicyclic) bond motifs is 1. The van der Waals surface area contributed by atoms with E-state index in [4.69, 9.17) is 16.7 Å². The predicted octanol–water partition coefficient (Wildman–Crippen LogP) is 4.71. The first-order chi connectivity index (χ1) is 12.6. The van der Waals surface area contributed by atoms with Crippen molar-refractivity contribution in [1.82, 2.24) is 15.1 Å². The number of rotatable bonds is 4. The molecule has 1 aliphatic rings. The quantitative estimate of drug-likeness (QED) is 0.652. The lowest BCUT2D eigenvalue weighted by molar-refractivity contribution is 0.0950. The summed E-state index contributed by atoms with van der Waals surface area (Å²) in [6, 6.07) is 15.4. The second kappa shape index (κ2) is 7.25. The van der Waals surface area contributed by atoms with Crippen LogP contribution in [0.25, 0.3) is 5.69 Å². The van der Waals surface area contributed by atoms with Crippen molar-refractivity contribution in [3.8, 4) is 5.69 Å². The third kappa shape index (κ3) is 3.29. The zero-order valence-corrected chi connectivity index (χ0v) is 16.3. The molecule has 0 atom stereocenters. The van der Waals surface area contributed by atoms with E-state index in [-0.39, 0.29) is 5.91 Å². The average molecular weight is 431 g/mol. The van der Waals surface area contributed by atoms with Crippen LogP contribution in [0.2, 0.25) is 5.02 Å². The van der Waals surface area contributed by atoms with E-state index in [2.05, 4.69) is 33.4 Å². The summed E-state index contributed by atoms with van der Waals surface area (Å²) in [5.74, 6) is -0.197. The zero-order valence-electron chi connectivity index (χ0n) is 14.0. The molecule has 6 heteroatoms. The van der Waals surface area contributed by atoms with Crippen LogP contribution in [0.4, 0.5) is 0 Å². The van der Waals surface area contributed by atoms with Crippen LogP contribution in [-0.4, -0.2) is 15.7 Å². The zero-order chi connectivity index (χ0) is 18.1. The van der Waals surface area contributed by atoms with Crippen LogP contribution < -0.4 is 5.32 Å². The van der Waals surface area contributed by atoms with Gasteiger partial charge in [-0.1, -0.05) is 45.7 Å². The first kappa shape index (κ1) is 17.3. The number of nitrogens with zero attached hydrogens (tertiary/aromatic N) is 2. The summed E-state index contributed by atoms with van der Waals surface area (Å²) in [7, 11) is 0. The molecule has 1 aromatic heterocycles. The minimum absolute atomic E-state index is 0.197. The molecule has 0 aliphatic heterocycles. The topological polar surface area (TPSA) is 46.9 Å². The number of carbonyl (C=O) groups excluding carboxylic acids is 1. The van der Waals surface area contributed by atoms with Gasteiger partial charge in [-0.2, -0.15) is 5.10 Å². The van der Waals surface area contributed by atoms with Crippen LogP contribution in [-0.2, 0) is 19.4 Å². The maximum Gasteiger partial charge on any atom is 0.253 e. The lowest BCUT2D eigenvalue weighted by Crippen LogP contribution is -2.24. The Bertz CT molecular complexity index is 969. The molecule has 26 heavy (non-hydrogen) atoms. The Labute approximate surface area is 165 Å². The van der Waals surface area contributed by atoms with Crippen LogP contribution in [0, 0.1) is 0 Å². The fourth-order valence-corrected chi connectivity index (χ4v) is 3.93. The van der Waals surface area contributed by atoms with Gasteiger partial charge < -0.3 is 5.32 Å². The van der Waals surface area contributed by atoms with Crippen molar-refractivity contribution < 1.29 is 4.79 Å². The van der Waals surface area contributed by atoms with Crippen LogP contribution in [0.15, 0.2) is 53.0 Å². The Morgan fingerprint density at radius 2 is 2.00 bits per heavy atom. The molecule has 4 rings (SSSR count). The van der Waals surface area contributed by atoms with Crippen molar-refractivity contribution in [2.75, 3.05) is 0 Å². The van der Waals surface area contributed by atoms with Gasteiger partial charge in [-0.25, -0.2) is 4.68 Å². The molecule has 0 unspecified atom stereocenters. The number of para-hydroxylation sites is 1. The van der Waals surface area contributed by atoms with E-state index in [0.717, 1.165) is 35.1 Å². The number of benzene rings is 2. The Hall–Kier alpha value is -2.11.